The van der Waals surface area contributed by atoms with Crippen molar-refractivity contribution in [2.45, 2.75) is 6.18 Å². The number of nitrogens with zero attached hydrogens (tertiary/aromatic N) is 2. The Labute approximate surface area is 111 Å². The van der Waals surface area contributed by atoms with Gasteiger partial charge >= 0.3 is 6.18 Å². The molecule has 0 aliphatic rings. The van der Waals surface area contributed by atoms with Gasteiger partial charge in [-0.05, 0) is 30.3 Å². The fourth-order valence-electron chi connectivity index (χ4n) is 1.39. The molecule has 0 radical (unpaired) electrons. The van der Waals surface area contributed by atoms with Crippen LogP contribution in [0.2, 0.25) is 0 Å². The Morgan fingerprint density at radius 1 is 1.10 bits per heavy atom. The standard InChI is InChI=1S/C13H7F3N2O2/c14-13(15,16)11-2-1-3-12(18-11)20-10-6-4-9(5-7-10)17-8-19/h1-7H. The van der Waals surface area contributed by atoms with Crippen LogP contribution in [0.1, 0.15) is 5.69 Å². The van der Waals surface area contributed by atoms with E-state index in [4.69, 9.17) is 4.74 Å². The van der Waals surface area contributed by atoms with Gasteiger partial charge in [-0.15, -0.1) is 0 Å². The van der Waals surface area contributed by atoms with E-state index >= 15 is 0 Å². The van der Waals surface area contributed by atoms with E-state index in [1.165, 1.54) is 42.5 Å². The second kappa shape index (κ2) is 5.54. The van der Waals surface area contributed by atoms with Crippen molar-refractivity contribution < 1.29 is 22.7 Å². The maximum absolute atomic E-state index is 12.5. The number of hydrogen-bond donors (Lipinski definition) is 0. The summed E-state index contributed by atoms with van der Waals surface area (Å²) in [5, 5.41) is 0. The zero-order valence-corrected chi connectivity index (χ0v) is 9.89. The van der Waals surface area contributed by atoms with Gasteiger partial charge in [0.05, 0.1) is 5.69 Å². The Bertz CT molecular complexity index is 647. The number of hydrogen-bond acceptors (Lipinski definition) is 4. The van der Waals surface area contributed by atoms with Gasteiger partial charge < -0.3 is 4.74 Å². The average molecular weight is 280 g/mol. The van der Waals surface area contributed by atoms with E-state index < -0.39 is 11.9 Å². The van der Waals surface area contributed by atoms with Crippen LogP contribution in [0.25, 0.3) is 0 Å². The summed E-state index contributed by atoms with van der Waals surface area (Å²) in [5.41, 5.74) is -0.665. The summed E-state index contributed by atoms with van der Waals surface area (Å²) in [7, 11) is 0. The molecule has 102 valence electrons. The number of pyridine rings is 1. The molecule has 7 heteroatoms. The Hall–Kier alpha value is -2.66. The van der Waals surface area contributed by atoms with Crippen LogP contribution < -0.4 is 4.74 Å². The van der Waals surface area contributed by atoms with Gasteiger partial charge in [0.25, 0.3) is 0 Å². The lowest BCUT2D eigenvalue weighted by Gasteiger charge is -2.08. The third-order valence-electron chi connectivity index (χ3n) is 2.25. The van der Waals surface area contributed by atoms with Gasteiger partial charge in [-0.3, -0.25) is 0 Å². The summed E-state index contributed by atoms with van der Waals surface area (Å²) in [6, 6.07) is 9.22. The van der Waals surface area contributed by atoms with E-state index in [2.05, 4.69) is 9.98 Å². The number of rotatable bonds is 3. The molecule has 2 aromatic rings. The van der Waals surface area contributed by atoms with E-state index in [1.807, 2.05) is 0 Å². The quantitative estimate of drug-likeness (QED) is 0.633. The highest BCUT2D eigenvalue weighted by molar-refractivity contribution is 5.50. The molecular formula is C13H7F3N2O2. The minimum Gasteiger partial charge on any atom is -0.439 e. The molecule has 1 aromatic heterocycles. The molecule has 0 fully saturated rings. The van der Waals surface area contributed by atoms with Crippen molar-refractivity contribution in [3.8, 4) is 11.6 Å². The molecule has 0 unspecified atom stereocenters. The zero-order chi connectivity index (χ0) is 14.6. The second-order valence-electron chi connectivity index (χ2n) is 3.66. The summed E-state index contributed by atoms with van der Waals surface area (Å²) in [5.74, 6) is 0.105. The van der Waals surface area contributed by atoms with Crippen molar-refractivity contribution in [1.82, 2.24) is 4.98 Å². The smallest absolute Gasteiger partial charge is 0.433 e. The number of ether oxygens (including phenoxy) is 1. The van der Waals surface area contributed by atoms with Gasteiger partial charge in [0.15, 0.2) is 0 Å². The van der Waals surface area contributed by atoms with Gasteiger partial charge in [-0.2, -0.15) is 18.2 Å². The van der Waals surface area contributed by atoms with E-state index in [9.17, 15) is 18.0 Å². The Kier molecular flexibility index (Phi) is 3.81. The molecule has 4 nitrogen and oxygen atoms in total. The van der Waals surface area contributed by atoms with Crippen molar-refractivity contribution in [3.63, 3.8) is 0 Å². The molecule has 0 spiro atoms. The predicted octanol–water partition coefficient (Wildman–Crippen LogP) is 3.86. The number of isocyanates is 1. The minimum absolute atomic E-state index is 0.175. The Morgan fingerprint density at radius 2 is 1.80 bits per heavy atom. The summed E-state index contributed by atoms with van der Waals surface area (Å²) < 4.78 is 42.6. The molecule has 0 bridgehead atoms. The highest BCUT2D eigenvalue weighted by atomic mass is 19.4. The first kappa shape index (κ1) is 13.8. The fourth-order valence-corrected chi connectivity index (χ4v) is 1.39. The SMILES string of the molecule is O=C=Nc1ccc(Oc2cccc(C(F)(F)F)n2)cc1. The van der Waals surface area contributed by atoms with E-state index in [0.717, 1.165) is 6.07 Å². The zero-order valence-electron chi connectivity index (χ0n) is 9.89. The molecule has 0 saturated heterocycles. The lowest BCUT2D eigenvalue weighted by atomic mass is 10.3. The number of halogens is 3. The number of aliphatic imine (C=N–C) groups is 1. The van der Waals surface area contributed by atoms with Crippen molar-refractivity contribution in [3.05, 3.63) is 48.2 Å². The fraction of sp³-hybridized carbons (Fsp3) is 0.0769. The predicted molar refractivity (Wildman–Crippen MR) is 63.5 cm³/mol. The maximum atomic E-state index is 12.5. The van der Waals surface area contributed by atoms with Crippen molar-refractivity contribution in [1.29, 1.82) is 0 Å². The van der Waals surface area contributed by atoms with Crippen LogP contribution in [0.15, 0.2) is 47.5 Å². The molecule has 0 N–H and O–H groups in total. The van der Waals surface area contributed by atoms with Crippen LogP contribution in [0.4, 0.5) is 18.9 Å². The van der Waals surface area contributed by atoms with Crippen molar-refractivity contribution >= 4 is 11.8 Å². The molecule has 20 heavy (non-hydrogen) atoms. The second-order valence-corrected chi connectivity index (χ2v) is 3.66. The first-order valence-electron chi connectivity index (χ1n) is 5.39. The minimum atomic E-state index is -4.53. The Balaban J connectivity index is 2.19. The molecule has 0 amide bonds. The van der Waals surface area contributed by atoms with Gasteiger partial charge in [-0.1, -0.05) is 6.07 Å². The van der Waals surface area contributed by atoms with Crippen LogP contribution in [0.3, 0.4) is 0 Å². The van der Waals surface area contributed by atoms with Crippen LogP contribution in [-0.2, 0) is 11.0 Å². The Morgan fingerprint density at radius 3 is 2.40 bits per heavy atom. The van der Waals surface area contributed by atoms with Gasteiger partial charge in [0.2, 0.25) is 12.0 Å². The molecule has 1 heterocycles. The topological polar surface area (TPSA) is 51.5 Å². The lowest BCUT2D eigenvalue weighted by Crippen LogP contribution is -2.07. The number of alkyl halides is 3. The summed E-state index contributed by atoms with van der Waals surface area (Å²) in [6.45, 7) is 0. The average Bonchev–Trinajstić information content (AvgIpc) is 2.41. The maximum Gasteiger partial charge on any atom is 0.433 e. The third kappa shape index (κ3) is 3.43. The normalized spacial score (nSPS) is 10.8. The summed E-state index contributed by atoms with van der Waals surface area (Å²) in [6.07, 6.45) is -3.15. The number of carbonyl (C=O) groups excluding carboxylic acids is 1. The largest absolute Gasteiger partial charge is 0.439 e. The monoisotopic (exact) mass is 280 g/mol. The van der Waals surface area contributed by atoms with E-state index in [-0.39, 0.29) is 11.6 Å². The molecular weight excluding hydrogens is 273 g/mol. The molecule has 0 aliphatic carbocycles. The van der Waals surface area contributed by atoms with Gasteiger partial charge in [0.1, 0.15) is 11.4 Å². The molecule has 0 aliphatic heterocycles. The highest BCUT2D eigenvalue weighted by Gasteiger charge is 2.32. The molecule has 2 rings (SSSR count). The van der Waals surface area contributed by atoms with Crippen LogP contribution in [0.5, 0.6) is 11.6 Å². The highest BCUT2D eigenvalue weighted by Crippen LogP contribution is 2.30. The molecule has 1 aromatic carbocycles. The van der Waals surface area contributed by atoms with Crippen LogP contribution in [-0.4, -0.2) is 11.1 Å². The molecule has 0 saturated carbocycles. The van der Waals surface area contributed by atoms with Crippen molar-refractivity contribution in [2.24, 2.45) is 4.99 Å². The number of aromatic nitrogens is 1. The first-order valence-corrected chi connectivity index (χ1v) is 5.39. The van der Waals surface area contributed by atoms with Crippen LogP contribution >= 0.6 is 0 Å². The summed E-state index contributed by atoms with van der Waals surface area (Å²) >= 11 is 0. The molecule has 0 atom stereocenters. The van der Waals surface area contributed by atoms with Crippen molar-refractivity contribution in [2.75, 3.05) is 0 Å². The van der Waals surface area contributed by atoms with Crippen LogP contribution in [0, 0.1) is 0 Å². The third-order valence-corrected chi connectivity index (χ3v) is 2.25. The van der Waals surface area contributed by atoms with Gasteiger partial charge in [-0.25, -0.2) is 9.78 Å². The lowest BCUT2D eigenvalue weighted by molar-refractivity contribution is -0.141. The number of benzene rings is 1. The van der Waals surface area contributed by atoms with E-state index in [1.54, 1.807) is 0 Å². The van der Waals surface area contributed by atoms with E-state index in [0.29, 0.717) is 5.69 Å². The summed E-state index contributed by atoms with van der Waals surface area (Å²) in [4.78, 5) is 16.8. The van der Waals surface area contributed by atoms with Gasteiger partial charge in [0, 0.05) is 6.07 Å². The first-order chi connectivity index (χ1) is 9.49.